The lowest BCUT2D eigenvalue weighted by Gasteiger charge is -2.15. The standard InChI is InChI=1S/C21H24ClNO2S/c1-13-9-14(2)21(16(4)24)15(3)19(13)11-26-12-20(25)23-10-17-5-7-18(22)8-6-17/h5-9H,10-12H2,1-4H3,(H,23,25). The van der Waals surface area contributed by atoms with Crippen LogP contribution >= 0.6 is 23.4 Å². The molecule has 0 spiro atoms. The third-order valence-corrected chi connectivity index (χ3v) is 5.58. The summed E-state index contributed by atoms with van der Waals surface area (Å²) in [5.74, 6) is 1.19. The molecule has 0 aliphatic rings. The molecule has 0 aromatic heterocycles. The fourth-order valence-electron chi connectivity index (χ4n) is 3.09. The number of Topliss-reactive ketones (excluding diaryl/α,β-unsaturated/α-hetero) is 1. The Balaban J connectivity index is 1.91. The largest absolute Gasteiger partial charge is 0.351 e. The maximum atomic E-state index is 12.1. The lowest BCUT2D eigenvalue weighted by molar-refractivity contribution is -0.118. The van der Waals surface area contributed by atoms with Crippen LogP contribution in [0.15, 0.2) is 30.3 Å². The zero-order chi connectivity index (χ0) is 19.3. The molecule has 0 unspecified atom stereocenters. The van der Waals surface area contributed by atoms with Crippen LogP contribution < -0.4 is 5.32 Å². The molecule has 5 heteroatoms. The lowest BCUT2D eigenvalue weighted by Crippen LogP contribution is -2.24. The van der Waals surface area contributed by atoms with Gasteiger partial charge in [-0.3, -0.25) is 9.59 Å². The van der Waals surface area contributed by atoms with Crippen LogP contribution in [-0.4, -0.2) is 17.4 Å². The number of amides is 1. The number of halogens is 1. The van der Waals surface area contributed by atoms with Crippen molar-refractivity contribution < 1.29 is 9.59 Å². The summed E-state index contributed by atoms with van der Waals surface area (Å²) in [6.45, 7) is 8.12. The average Bonchev–Trinajstić information content (AvgIpc) is 2.56. The number of aryl methyl sites for hydroxylation is 2. The number of ketones is 1. The van der Waals surface area contributed by atoms with Crippen molar-refractivity contribution in [1.29, 1.82) is 0 Å². The Hall–Kier alpha value is -1.78. The van der Waals surface area contributed by atoms with E-state index in [1.165, 1.54) is 5.56 Å². The summed E-state index contributed by atoms with van der Waals surface area (Å²) in [4.78, 5) is 24.0. The summed E-state index contributed by atoms with van der Waals surface area (Å²) < 4.78 is 0. The summed E-state index contributed by atoms with van der Waals surface area (Å²) in [5, 5.41) is 3.60. The minimum absolute atomic E-state index is 0.000779. The molecule has 138 valence electrons. The number of rotatable bonds is 7. The Morgan fingerprint density at radius 3 is 2.35 bits per heavy atom. The molecule has 0 heterocycles. The van der Waals surface area contributed by atoms with Gasteiger partial charge in [0, 0.05) is 22.9 Å². The topological polar surface area (TPSA) is 46.2 Å². The Morgan fingerprint density at radius 1 is 1.08 bits per heavy atom. The van der Waals surface area contributed by atoms with Gasteiger partial charge >= 0.3 is 0 Å². The molecule has 0 bridgehead atoms. The number of hydrogen-bond donors (Lipinski definition) is 1. The highest BCUT2D eigenvalue weighted by molar-refractivity contribution is 7.99. The van der Waals surface area contributed by atoms with Crippen molar-refractivity contribution in [3.8, 4) is 0 Å². The van der Waals surface area contributed by atoms with Crippen LogP contribution in [0.3, 0.4) is 0 Å². The third-order valence-electron chi connectivity index (χ3n) is 4.37. The maximum absolute atomic E-state index is 12.1. The van der Waals surface area contributed by atoms with E-state index in [2.05, 4.69) is 18.3 Å². The first kappa shape index (κ1) is 20.5. The molecular weight excluding hydrogens is 366 g/mol. The number of carbonyl (C=O) groups is 2. The molecule has 2 aromatic carbocycles. The van der Waals surface area contributed by atoms with Crippen LogP contribution in [0, 0.1) is 20.8 Å². The molecular formula is C21H24ClNO2S. The van der Waals surface area contributed by atoms with Gasteiger partial charge < -0.3 is 5.32 Å². The van der Waals surface area contributed by atoms with E-state index in [9.17, 15) is 9.59 Å². The van der Waals surface area contributed by atoms with Crippen molar-refractivity contribution >= 4 is 35.1 Å². The van der Waals surface area contributed by atoms with Crippen LogP contribution in [0.2, 0.25) is 5.02 Å². The van der Waals surface area contributed by atoms with Crippen LogP contribution in [0.5, 0.6) is 0 Å². The summed E-state index contributed by atoms with van der Waals surface area (Å²) in [5.41, 5.74) is 6.18. The summed E-state index contributed by atoms with van der Waals surface area (Å²) in [7, 11) is 0. The molecule has 1 N–H and O–H groups in total. The van der Waals surface area contributed by atoms with Crippen molar-refractivity contribution in [3.05, 3.63) is 68.7 Å². The van der Waals surface area contributed by atoms with Crippen LogP contribution in [0.1, 0.15) is 45.1 Å². The SMILES string of the molecule is CC(=O)c1c(C)cc(C)c(CSCC(=O)NCc2ccc(Cl)cc2)c1C. The first-order chi connectivity index (χ1) is 12.3. The summed E-state index contributed by atoms with van der Waals surface area (Å²) >= 11 is 7.42. The molecule has 0 atom stereocenters. The third kappa shape index (κ3) is 5.36. The van der Waals surface area contributed by atoms with Crippen molar-refractivity contribution in [3.63, 3.8) is 0 Å². The van der Waals surface area contributed by atoms with E-state index in [-0.39, 0.29) is 11.7 Å². The van der Waals surface area contributed by atoms with Crippen molar-refractivity contribution in [2.75, 3.05) is 5.75 Å². The fraction of sp³-hybridized carbons (Fsp3) is 0.333. The molecule has 2 rings (SSSR count). The second-order valence-electron chi connectivity index (χ2n) is 6.44. The van der Waals surface area contributed by atoms with Gasteiger partial charge in [0.2, 0.25) is 5.91 Å². The molecule has 26 heavy (non-hydrogen) atoms. The van der Waals surface area contributed by atoms with Crippen LogP contribution in [-0.2, 0) is 17.1 Å². The van der Waals surface area contributed by atoms with Gasteiger partial charge in [0.25, 0.3) is 0 Å². The normalized spacial score (nSPS) is 10.7. The van der Waals surface area contributed by atoms with Gasteiger partial charge in [-0.2, -0.15) is 0 Å². The molecule has 0 aliphatic carbocycles. The molecule has 0 fully saturated rings. The zero-order valence-electron chi connectivity index (χ0n) is 15.6. The van der Waals surface area contributed by atoms with Crippen molar-refractivity contribution in [1.82, 2.24) is 5.32 Å². The first-order valence-corrected chi connectivity index (χ1v) is 10.0. The Bertz CT molecular complexity index is 816. The molecule has 3 nitrogen and oxygen atoms in total. The monoisotopic (exact) mass is 389 g/mol. The molecule has 1 amide bonds. The predicted molar refractivity (Wildman–Crippen MR) is 110 cm³/mol. The van der Waals surface area contributed by atoms with Gasteiger partial charge in [0.1, 0.15) is 0 Å². The zero-order valence-corrected chi connectivity index (χ0v) is 17.2. The fourth-order valence-corrected chi connectivity index (χ4v) is 4.25. The van der Waals surface area contributed by atoms with Gasteiger partial charge in [-0.25, -0.2) is 0 Å². The molecule has 0 aliphatic heterocycles. The number of nitrogens with one attached hydrogen (secondary N) is 1. The predicted octanol–water partition coefficient (Wildman–Crippen LogP) is 5.02. The Labute approximate surface area is 164 Å². The summed E-state index contributed by atoms with van der Waals surface area (Å²) in [6, 6.07) is 9.48. The lowest BCUT2D eigenvalue weighted by atomic mass is 9.92. The van der Waals surface area contributed by atoms with E-state index in [4.69, 9.17) is 11.6 Å². The van der Waals surface area contributed by atoms with Gasteiger partial charge in [0.15, 0.2) is 5.78 Å². The highest BCUT2D eigenvalue weighted by atomic mass is 35.5. The highest BCUT2D eigenvalue weighted by Gasteiger charge is 2.14. The highest BCUT2D eigenvalue weighted by Crippen LogP contribution is 2.26. The first-order valence-electron chi connectivity index (χ1n) is 8.49. The van der Waals surface area contributed by atoms with Crippen LogP contribution in [0.4, 0.5) is 0 Å². The minimum Gasteiger partial charge on any atom is -0.351 e. The molecule has 2 aromatic rings. The van der Waals surface area contributed by atoms with Crippen LogP contribution in [0.25, 0.3) is 0 Å². The minimum atomic E-state index is -0.000779. The van der Waals surface area contributed by atoms with Gasteiger partial charge in [-0.05, 0) is 67.6 Å². The van der Waals surface area contributed by atoms with E-state index < -0.39 is 0 Å². The second kappa shape index (κ2) is 9.24. The van der Waals surface area contributed by atoms with Gasteiger partial charge in [-0.1, -0.05) is 29.8 Å². The van der Waals surface area contributed by atoms with E-state index in [1.54, 1.807) is 18.7 Å². The number of benzene rings is 2. The Kier molecular flexibility index (Phi) is 7.30. The van der Waals surface area contributed by atoms with Gasteiger partial charge in [0.05, 0.1) is 5.75 Å². The molecule has 0 radical (unpaired) electrons. The quantitative estimate of drug-likeness (QED) is 0.676. The molecule has 0 saturated heterocycles. The van der Waals surface area contributed by atoms with E-state index in [0.717, 1.165) is 27.8 Å². The van der Waals surface area contributed by atoms with Crippen molar-refractivity contribution in [2.45, 2.75) is 40.0 Å². The second-order valence-corrected chi connectivity index (χ2v) is 7.86. The average molecular weight is 390 g/mol. The van der Waals surface area contributed by atoms with E-state index in [0.29, 0.717) is 23.1 Å². The molecule has 0 saturated carbocycles. The number of carbonyl (C=O) groups excluding carboxylic acids is 2. The van der Waals surface area contributed by atoms with Gasteiger partial charge in [-0.15, -0.1) is 11.8 Å². The number of hydrogen-bond acceptors (Lipinski definition) is 3. The maximum Gasteiger partial charge on any atom is 0.230 e. The van der Waals surface area contributed by atoms with Crippen molar-refractivity contribution in [2.24, 2.45) is 0 Å². The smallest absolute Gasteiger partial charge is 0.230 e. The van der Waals surface area contributed by atoms with E-state index >= 15 is 0 Å². The number of thioether (sulfide) groups is 1. The van der Waals surface area contributed by atoms with E-state index in [1.807, 2.05) is 38.1 Å². The summed E-state index contributed by atoms with van der Waals surface area (Å²) in [6.07, 6.45) is 0. The Morgan fingerprint density at radius 2 is 1.73 bits per heavy atom.